The van der Waals surface area contributed by atoms with Gasteiger partial charge in [-0.3, -0.25) is 4.68 Å². The van der Waals surface area contributed by atoms with Crippen molar-refractivity contribution < 1.29 is 0 Å². The fraction of sp³-hybridized carbons (Fsp3) is 0.533. The molecule has 0 bridgehead atoms. The van der Waals surface area contributed by atoms with Crippen LogP contribution in [-0.2, 0) is 13.5 Å². The molecule has 0 saturated heterocycles. The van der Waals surface area contributed by atoms with E-state index in [0.717, 1.165) is 52.9 Å². The summed E-state index contributed by atoms with van der Waals surface area (Å²) in [5.74, 6) is 1.87. The van der Waals surface area contributed by atoms with Crippen LogP contribution in [0.4, 0.5) is 5.82 Å². The maximum absolute atomic E-state index is 4.71. The maximum Gasteiger partial charge on any atom is 0.133 e. The van der Waals surface area contributed by atoms with E-state index in [-0.39, 0.29) is 0 Å². The van der Waals surface area contributed by atoms with E-state index in [1.54, 1.807) is 11.8 Å². The van der Waals surface area contributed by atoms with Crippen molar-refractivity contribution in [1.82, 2.24) is 19.7 Å². The van der Waals surface area contributed by atoms with Crippen molar-refractivity contribution in [2.75, 3.05) is 11.9 Å². The highest BCUT2D eigenvalue weighted by Gasteiger charge is 2.12. The van der Waals surface area contributed by atoms with E-state index >= 15 is 0 Å². The number of hydrogen-bond acceptors (Lipinski definition) is 5. The summed E-state index contributed by atoms with van der Waals surface area (Å²) < 4.78 is 1.81. The zero-order valence-electron chi connectivity index (χ0n) is 13.2. The molecule has 0 saturated carbocycles. The normalized spacial score (nSPS) is 10.9. The number of nitrogens with zero attached hydrogens (tertiary/aromatic N) is 4. The Hall–Kier alpha value is -1.56. The average molecular weight is 305 g/mol. The van der Waals surface area contributed by atoms with Crippen LogP contribution in [0.1, 0.15) is 38.1 Å². The van der Waals surface area contributed by atoms with Crippen molar-refractivity contribution in [3.8, 4) is 0 Å². The maximum atomic E-state index is 4.71. The van der Waals surface area contributed by atoms with E-state index in [2.05, 4.69) is 36.2 Å². The Morgan fingerprint density at radius 3 is 2.67 bits per heavy atom. The molecule has 0 fully saturated rings. The molecule has 0 radical (unpaired) electrons. The summed E-state index contributed by atoms with van der Waals surface area (Å²) in [6, 6.07) is 0. The van der Waals surface area contributed by atoms with Gasteiger partial charge in [0.15, 0.2) is 0 Å². The smallest absolute Gasteiger partial charge is 0.133 e. The molecule has 6 heteroatoms. The Labute approximate surface area is 130 Å². The summed E-state index contributed by atoms with van der Waals surface area (Å²) in [6.45, 7) is 7.31. The molecule has 0 spiro atoms. The molecular formula is C15H23N5S. The van der Waals surface area contributed by atoms with Gasteiger partial charge in [0, 0.05) is 31.8 Å². The minimum Gasteiger partial charge on any atom is -0.370 e. The number of nitrogens with one attached hydrogen (secondary N) is 1. The lowest BCUT2D eigenvalue weighted by molar-refractivity contribution is 0.766. The third-order valence-corrected chi connectivity index (χ3v) is 4.10. The van der Waals surface area contributed by atoms with Crippen molar-refractivity contribution in [2.45, 2.75) is 50.0 Å². The molecule has 0 unspecified atom stereocenters. The SMILES string of the molecule is CCCNc1nc(CCC)nc(Sc2cnn(C)c2)c1C. The van der Waals surface area contributed by atoms with Crippen LogP contribution in [0.5, 0.6) is 0 Å². The lowest BCUT2D eigenvalue weighted by Crippen LogP contribution is -2.08. The van der Waals surface area contributed by atoms with Crippen LogP contribution < -0.4 is 5.32 Å². The summed E-state index contributed by atoms with van der Waals surface area (Å²) in [7, 11) is 1.92. The Bertz CT molecular complexity index is 594. The van der Waals surface area contributed by atoms with Gasteiger partial charge in [0.25, 0.3) is 0 Å². The Morgan fingerprint density at radius 1 is 1.24 bits per heavy atom. The second-order valence-electron chi connectivity index (χ2n) is 5.05. The van der Waals surface area contributed by atoms with Crippen LogP contribution in [0, 0.1) is 6.92 Å². The fourth-order valence-electron chi connectivity index (χ4n) is 1.95. The number of aromatic nitrogens is 4. The van der Waals surface area contributed by atoms with Gasteiger partial charge in [-0.2, -0.15) is 5.10 Å². The molecule has 0 aliphatic heterocycles. The number of aryl methyl sites for hydroxylation is 2. The monoisotopic (exact) mass is 305 g/mol. The van der Waals surface area contributed by atoms with Gasteiger partial charge in [0.05, 0.1) is 11.1 Å². The van der Waals surface area contributed by atoms with Gasteiger partial charge in [-0.15, -0.1) is 0 Å². The predicted molar refractivity (Wildman–Crippen MR) is 86.9 cm³/mol. The Kier molecular flexibility index (Phi) is 5.61. The van der Waals surface area contributed by atoms with Crippen molar-refractivity contribution in [1.29, 1.82) is 0 Å². The van der Waals surface area contributed by atoms with Gasteiger partial charge < -0.3 is 5.32 Å². The lowest BCUT2D eigenvalue weighted by Gasteiger charge is -2.12. The highest BCUT2D eigenvalue weighted by molar-refractivity contribution is 7.99. The van der Waals surface area contributed by atoms with Crippen LogP contribution in [0.2, 0.25) is 0 Å². The summed E-state index contributed by atoms with van der Waals surface area (Å²) in [6.07, 6.45) is 6.91. The van der Waals surface area contributed by atoms with Gasteiger partial charge in [-0.25, -0.2) is 9.97 Å². The van der Waals surface area contributed by atoms with Crippen LogP contribution in [0.25, 0.3) is 0 Å². The molecule has 2 aromatic heterocycles. The third kappa shape index (κ3) is 4.20. The first kappa shape index (κ1) is 15.8. The van der Waals surface area contributed by atoms with Crippen molar-refractivity contribution in [3.05, 3.63) is 23.8 Å². The van der Waals surface area contributed by atoms with Crippen molar-refractivity contribution >= 4 is 17.6 Å². The second-order valence-corrected chi connectivity index (χ2v) is 6.11. The van der Waals surface area contributed by atoms with Crippen LogP contribution in [0.3, 0.4) is 0 Å². The number of rotatable bonds is 7. The molecule has 2 heterocycles. The van der Waals surface area contributed by atoms with Crippen LogP contribution >= 0.6 is 11.8 Å². The van der Waals surface area contributed by atoms with E-state index in [4.69, 9.17) is 4.98 Å². The summed E-state index contributed by atoms with van der Waals surface area (Å²) >= 11 is 1.65. The quantitative estimate of drug-likeness (QED) is 0.794. The van der Waals surface area contributed by atoms with E-state index in [9.17, 15) is 0 Å². The molecule has 5 nitrogen and oxygen atoms in total. The highest BCUT2D eigenvalue weighted by Crippen LogP contribution is 2.31. The summed E-state index contributed by atoms with van der Waals surface area (Å²) in [5.41, 5.74) is 1.11. The van der Waals surface area contributed by atoms with E-state index in [0.29, 0.717) is 0 Å². The molecule has 0 amide bonds. The van der Waals surface area contributed by atoms with E-state index < -0.39 is 0 Å². The molecule has 21 heavy (non-hydrogen) atoms. The zero-order chi connectivity index (χ0) is 15.2. The molecular weight excluding hydrogens is 282 g/mol. The van der Waals surface area contributed by atoms with Crippen molar-refractivity contribution in [2.24, 2.45) is 7.05 Å². The Morgan fingerprint density at radius 2 is 2.05 bits per heavy atom. The highest BCUT2D eigenvalue weighted by atomic mass is 32.2. The molecule has 0 aromatic carbocycles. The largest absolute Gasteiger partial charge is 0.370 e. The summed E-state index contributed by atoms with van der Waals surface area (Å²) in [5, 5.41) is 8.63. The minimum absolute atomic E-state index is 0.904. The first-order valence-corrected chi connectivity index (χ1v) is 8.23. The molecule has 0 aliphatic carbocycles. The van der Waals surface area contributed by atoms with Gasteiger partial charge in [-0.1, -0.05) is 25.6 Å². The number of anilines is 1. The van der Waals surface area contributed by atoms with Crippen LogP contribution in [-0.4, -0.2) is 26.3 Å². The molecule has 2 aromatic rings. The molecule has 2 rings (SSSR count). The molecule has 0 atom stereocenters. The number of hydrogen-bond donors (Lipinski definition) is 1. The fourth-order valence-corrected chi connectivity index (χ4v) is 2.88. The predicted octanol–water partition coefficient (Wildman–Crippen LogP) is 3.44. The minimum atomic E-state index is 0.904. The molecule has 0 aliphatic rings. The standard InChI is InChI=1S/C15H23N5S/c1-5-7-13-18-14(16-8-6-2)11(3)15(19-13)21-12-9-17-20(4)10-12/h9-10H,5-8H2,1-4H3,(H,16,18,19). The van der Waals surface area contributed by atoms with E-state index in [1.165, 1.54) is 0 Å². The van der Waals surface area contributed by atoms with Crippen molar-refractivity contribution in [3.63, 3.8) is 0 Å². The zero-order valence-corrected chi connectivity index (χ0v) is 14.0. The van der Waals surface area contributed by atoms with Gasteiger partial charge in [0.1, 0.15) is 16.7 Å². The first-order chi connectivity index (χ1) is 10.1. The van der Waals surface area contributed by atoms with Crippen LogP contribution in [0.15, 0.2) is 22.3 Å². The third-order valence-electron chi connectivity index (χ3n) is 3.06. The second kappa shape index (κ2) is 7.45. The first-order valence-electron chi connectivity index (χ1n) is 7.41. The van der Waals surface area contributed by atoms with E-state index in [1.807, 2.05) is 24.1 Å². The van der Waals surface area contributed by atoms with Gasteiger partial charge in [-0.05, 0) is 19.8 Å². The topological polar surface area (TPSA) is 55.6 Å². The lowest BCUT2D eigenvalue weighted by atomic mass is 10.3. The molecule has 1 N–H and O–H groups in total. The average Bonchev–Trinajstić information content (AvgIpc) is 2.86. The Balaban J connectivity index is 2.30. The van der Waals surface area contributed by atoms with Gasteiger partial charge in [0.2, 0.25) is 0 Å². The van der Waals surface area contributed by atoms with Gasteiger partial charge >= 0.3 is 0 Å². The summed E-state index contributed by atoms with van der Waals surface area (Å²) in [4.78, 5) is 10.5. The molecule has 114 valence electrons.